The van der Waals surface area contributed by atoms with Crippen LogP contribution in [0.3, 0.4) is 0 Å². The SMILES string of the molecule is COc1cc(OC)c(OC)cc1CNC(=O)CN1C(=O)C(C)N(c2ccccc2)C1=O. The van der Waals surface area contributed by atoms with Crippen molar-refractivity contribution in [1.82, 2.24) is 10.2 Å². The lowest BCUT2D eigenvalue weighted by molar-refractivity contribution is -0.131. The van der Waals surface area contributed by atoms with E-state index in [0.717, 1.165) is 4.90 Å². The summed E-state index contributed by atoms with van der Waals surface area (Å²) >= 11 is 0. The fourth-order valence-electron chi connectivity index (χ4n) is 3.42. The summed E-state index contributed by atoms with van der Waals surface area (Å²) in [7, 11) is 4.53. The van der Waals surface area contributed by atoms with Gasteiger partial charge in [0, 0.05) is 23.9 Å². The van der Waals surface area contributed by atoms with Crippen molar-refractivity contribution in [3.05, 3.63) is 48.0 Å². The molecule has 0 bridgehead atoms. The van der Waals surface area contributed by atoms with E-state index in [2.05, 4.69) is 5.32 Å². The fourth-order valence-corrected chi connectivity index (χ4v) is 3.42. The Morgan fingerprint density at radius 2 is 1.58 bits per heavy atom. The third-order valence-electron chi connectivity index (χ3n) is 5.05. The first-order valence-corrected chi connectivity index (χ1v) is 9.66. The molecule has 1 fully saturated rings. The van der Waals surface area contributed by atoms with E-state index in [1.165, 1.54) is 26.2 Å². The van der Waals surface area contributed by atoms with Crippen molar-refractivity contribution in [2.45, 2.75) is 19.5 Å². The van der Waals surface area contributed by atoms with Gasteiger partial charge in [-0.25, -0.2) is 4.79 Å². The molecule has 1 saturated heterocycles. The number of amides is 4. The Kier molecular flexibility index (Phi) is 6.64. The number of ether oxygens (including phenoxy) is 3. The van der Waals surface area contributed by atoms with Crippen LogP contribution in [0, 0.1) is 0 Å². The van der Waals surface area contributed by atoms with Crippen LogP contribution in [-0.4, -0.2) is 56.7 Å². The number of imide groups is 1. The zero-order chi connectivity index (χ0) is 22.5. The first kappa shape index (κ1) is 21.9. The molecule has 2 aromatic carbocycles. The Balaban J connectivity index is 1.69. The van der Waals surface area contributed by atoms with Crippen LogP contribution < -0.4 is 24.4 Å². The predicted molar refractivity (Wildman–Crippen MR) is 113 cm³/mol. The molecule has 0 radical (unpaired) electrons. The molecule has 1 unspecified atom stereocenters. The van der Waals surface area contributed by atoms with Crippen molar-refractivity contribution in [3.8, 4) is 17.2 Å². The average molecular weight is 427 g/mol. The Morgan fingerprint density at radius 3 is 2.19 bits per heavy atom. The summed E-state index contributed by atoms with van der Waals surface area (Å²) in [5, 5.41) is 2.72. The van der Waals surface area contributed by atoms with E-state index in [1.54, 1.807) is 43.3 Å². The number of urea groups is 1. The average Bonchev–Trinajstić information content (AvgIpc) is 3.00. The molecule has 1 atom stereocenters. The van der Waals surface area contributed by atoms with Crippen LogP contribution in [-0.2, 0) is 16.1 Å². The highest BCUT2D eigenvalue weighted by atomic mass is 16.5. The molecule has 9 heteroatoms. The van der Waals surface area contributed by atoms with Gasteiger partial charge in [0.25, 0.3) is 5.91 Å². The van der Waals surface area contributed by atoms with Gasteiger partial charge in [0.2, 0.25) is 5.91 Å². The molecular weight excluding hydrogens is 402 g/mol. The summed E-state index contributed by atoms with van der Waals surface area (Å²) in [6.07, 6.45) is 0. The highest BCUT2D eigenvalue weighted by molar-refractivity contribution is 6.15. The second-order valence-electron chi connectivity index (χ2n) is 6.88. The Bertz CT molecular complexity index is 979. The van der Waals surface area contributed by atoms with Crippen LogP contribution in [0.4, 0.5) is 10.5 Å². The second kappa shape index (κ2) is 9.38. The quantitative estimate of drug-likeness (QED) is 0.649. The number of carbonyl (C=O) groups is 3. The van der Waals surface area contributed by atoms with Crippen molar-refractivity contribution in [2.75, 3.05) is 32.8 Å². The number of hydrogen-bond donors (Lipinski definition) is 1. The van der Waals surface area contributed by atoms with Gasteiger partial charge in [0.05, 0.1) is 21.3 Å². The summed E-state index contributed by atoms with van der Waals surface area (Å²) in [5.74, 6) is 0.603. The first-order chi connectivity index (χ1) is 14.9. The standard InChI is InChI=1S/C22H25N3O6/c1-14-21(27)24(22(28)25(14)16-8-6-5-7-9-16)13-20(26)23-12-15-10-18(30-3)19(31-4)11-17(15)29-2/h5-11,14H,12-13H2,1-4H3,(H,23,26). The van der Waals surface area contributed by atoms with E-state index >= 15 is 0 Å². The molecule has 1 N–H and O–H groups in total. The summed E-state index contributed by atoms with van der Waals surface area (Å²) in [6, 6.07) is 11.0. The maximum atomic E-state index is 12.8. The Hall–Kier alpha value is -3.75. The lowest BCUT2D eigenvalue weighted by atomic mass is 10.1. The van der Waals surface area contributed by atoms with Gasteiger partial charge >= 0.3 is 6.03 Å². The summed E-state index contributed by atoms with van der Waals surface area (Å²) in [5.41, 5.74) is 1.26. The number of nitrogens with zero attached hydrogens (tertiary/aromatic N) is 2. The van der Waals surface area contributed by atoms with Crippen LogP contribution in [0.2, 0.25) is 0 Å². The number of carbonyl (C=O) groups excluding carboxylic acids is 3. The number of rotatable bonds is 8. The van der Waals surface area contributed by atoms with Crippen LogP contribution >= 0.6 is 0 Å². The number of methoxy groups -OCH3 is 3. The molecule has 0 spiro atoms. The number of nitrogens with one attached hydrogen (secondary N) is 1. The molecule has 164 valence electrons. The minimum Gasteiger partial charge on any atom is -0.496 e. The first-order valence-electron chi connectivity index (χ1n) is 9.66. The molecule has 9 nitrogen and oxygen atoms in total. The maximum absolute atomic E-state index is 12.8. The molecule has 0 aliphatic carbocycles. The van der Waals surface area contributed by atoms with Crippen LogP contribution in [0.1, 0.15) is 12.5 Å². The summed E-state index contributed by atoms with van der Waals surface area (Å²) < 4.78 is 15.9. The predicted octanol–water partition coefficient (Wildman–Crippen LogP) is 2.19. The third kappa shape index (κ3) is 4.40. The van der Waals surface area contributed by atoms with Crippen molar-refractivity contribution in [2.24, 2.45) is 0 Å². The molecule has 0 aromatic heterocycles. The second-order valence-corrected chi connectivity index (χ2v) is 6.88. The van der Waals surface area contributed by atoms with Gasteiger partial charge in [-0.2, -0.15) is 0 Å². The van der Waals surface area contributed by atoms with Crippen LogP contribution in [0.15, 0.2) is 42.5 Å². The third-order valence-corrected chi connectivity index (χ3v) is 5.05. The molecule has 1 heterocycles. The maximum Gasteiger partial charge on any atom is 0.332 e. The number of hydrogen-bond acceptors (Lipinski definition) is 6. The van der Waals surface area contributed by atoms with Gasteiger partial charge in [-0.05, 0) is 25.1 Å². The van der Waals surface area contributed by atoms with Crippen molar-refractivity contribution in [1.29, 1.82) is 0 Å². The number of anilines is 1. The van der Waals surface area contributed by atoms with E-state index in [1.807, 2.05) is 6.07 Å². The molecule has 0 saturated carbocycles. The van der Waals surface area contributed by atoms with Gasteiger partial charge in [0.1, 0.15) is 18.3 Å². The Labute approximate surface area is 180 Å². The van der Waals surface area contributed by atoms with Gasteiger partial charge in [-0.3, -0.25) is 19.4 Å². The highest BCUT2D eigenvalue weighted by Crippen LogP contribution is 2.34. The largest absolute Gasteiger partial charge is 0.496 e. The fraction of sp³-hybridized carbons (Fsp3) is 0.318. The molecule has 1 aliphatic rings. The summed E-state index contributed by atoms with van der Waals surface area (Å²) in [6.45, 7) is 1.39. The number of para-hydroxylation sites is 1. The lowest BCUT2D eigenvalue weighted by Crippen LogP contribution is -2.41. The molecular formula is C22H25N3O6. The van der Waals surface area contributed by atoms with Gasteiger partial charge in [0.15, 0.2) is 11.5 Å². The monoisotopic (exact) mass is 427 g/mol. The van der Waals surface area contributed by atoms with E-state index in [4.69, 9.17) is 14.2 Å². The zero-order valence-corrected chi connectivity index (χ0v) is 17.9. The van der Waals surface area contributed by atoms with E-state index in [0.29, 0.717) is 28.5 Å². The van der Waals surface area contributed by atoms with Gasteiger partial charge in [-0.1, -0.05) is 18.2 Å². The normalized spacial score (nSPS) is 15.8. The molecule has 2 aromatic rings. The highest BCUT2D eigenvalue weighted by Gasteiger charge is 2.43. The molecule has 1 aliphatic heterocycles. The molecule has 31 heavy (non-hydrogen) atoms. The van der Waals surface area contributed by atoms with Crippen molar-refractivity contribution in [3.63, 3.8) is 0 Å². The van der Waals surface area contributed by atoms with Crippen LogP contribution in [0.5, 0.6) is 17.2 Å². The molecule has 4 amide bonds. The topological polar surface area (TPSA) is 97.4 Å². The lowest BCUT2D eigenvalue weighted by Gasteiger charge is -2.19. The summed E-state index contributed by atoms with van der Waals surface area (Å²) in [4.78, 5) is 40.2. The Morgan fingerprint density at radius 1 is 0.968 bits per heavy atom. The van der Waals surface area contributed by atoms with Gasteiger partial charge < -0.3 is 19.5 Å². The number of benzene rings is 2. The van der Waals surface area contributed by atoms with E-state index in [-0.39, 0.29) is 13.1 Å². The molecule has 3 rings (SSSR count). The van der Waals surface area contributed by atoms with Crippen molar-refractivity contribution < 1.29 is 28.6 Å². The smallest absolute Gasteiger partial charge is 0.332 e. The van der Waals surface area contributed by atoms with Crippen molar-refractivity contribution >= 4 is 23.5 Å². The van der Waals surface area contributed by atoms with E-state index < -0.39 is 23.9 Å². The van der Waals surface area contributed by atoms with E-state index in [9.17, 15) is 14.4 Å². The minimum atomic E-state index is -0.686. The van der Waals surface area contributed by atoms with Gasteiger partial charge in [-0.15, -0.1) is 0 Å². The minimum absolute atomic E-state index is 0.122. The zero-order valence-electron chi connectivity index (χ0n) is 17.9. The van der Waals surface area contributed by atoms with Crippen LogP contribution in [0.25, 0.3) is 0 Å².